The molecule has 0 radical (unpaired) electrons. The third-order valence-corrected chi connectivity index (χ3v) is 3.29. The van der Waals surface area contributed by atoms with Gasteiger partial charge in [-0.15, -0.1) is 0 Å². The maximum atomic E-state index is 4.43. The Labute approximate surface area is 123 Å². The summed E-state index contributed by atoms with van der Waals surface area (Å²) in [4.78, 5) is 13.0. The van der Waals surface area contributed by atoms with Crippen LogP contribution < -0.4 is 5.32 Å². The van der Waals surface area contributed by atoms with E-state index >= 15 is 0 Å². The van der Waals surface area contributed by atoms with E-state index in [2.05, 4.69) is 39.3 Å². The van der Waals surface area contributed by atoms with Crippen LogP contribution in [-0.2, 0) is 0 Å². The van der Waals surface area contributed by atoms with E-state index in [1.54, 1.807) is 24.8 Å². The summed E-state index contributed by atoms with van der Waals surface area (Å²) < 4.78 is 0. The van der Waals surface area contributed by atoms with Crippen molar-refractivity contribution in [2.75, 3.05) is 5.32 Å². The molecule has 3 aromatic rings. The molecule has 0 fully saturated rings. The number of aromatic nitrogens is 3. The summed E-state index contributed by atoms with van der Waals surface area (Å²) in [6, 6.07) is 14.3. The average Bonchev–Trinajstić information content (AvgIpc) is 2.57. The Morgan fingerprint density at radius 1 is 0.905 bits per heavy atom. The summed E-state index contributed by atoms with van der Waals surface area (Å²) in [7, 11) is 0. The molecule has 4 nitrogen and oxygen atoms in total. The molecule has 21 heavy (non-hydrogen) atoms. The lowest BCUT2D eigenvalue weighted by molar-refractivity contribution is 0.872. The quantitative estimate of drug-likeness (QED) is 0.789. The molecule has 0 amide bonds. The number of benzene rings is 1. The SMILES string of the molecule is C[C@@H](Nc1nccnc1-c1cccnc1)c1ccccc1. The van der Waals surface area contributed by atoms with Crippen molar-refractivity contribution in [3.05, 3.63) is 72.8 Å². The van der Waals surface area contributed by atoms with Crippen LogP contribution in [-0.4, -0.2) is 15.0 Å². The molecule has 0 saturated heterocycles. The summed E-state index contributed by atoms with van der Waals surface area (Å²) in [5.41, 5.74) is 2.97. The number of hydrogen-bond acceptors (Lipinski definition) is 4. The van der Waals surface area contributed by atoms with Gasteiger partial charge in [-0.1, -0.05) is 30.3 Å². The normalized spacial score (nSPS) is 11.9. The minimum atomic E-state index is 0.151. The smallest absolute Gasteiger partial charge is 0.153 e. The number of nitrogens with one attached hydrogen (secondary N) is 1. The van der Waals surface area contributed by atoms with Gasteiger partial charge in [-0.3, -0.25) is 9.97 Å². The molecule has 0 aliphatic heterocycles. The van der Waals surface area contributed by atoms with Gasteiger partial charge in [0.05, 0.1) is 6.04 Å². The Hall–Kier alpha value is -2.75. The first-order valence-electron chi connectivity index (χ1n) is 6.87. The van der Waals surface area contributed by atoms with Gasteiger partial charge in [0.2, 0.25) is 0 Å². The predicted octanol–water partition coefficient (Wildman–Crippen LogP) is 3.71. The summed E-state index contributed by atoms with van der Waals surface area (Å²) in [5.74, 6) is 0.766. The highest BCUT2D eigenvalue weighted by molar-refractivity contribution is 5.70. The first kappa shape index (κ1) is 13.2. The Morgan fingerprint density at radius 3 is 2.48 bits per heavy atom. The minimum absolute atomic E-state index is 0.151. The predicted molar refractivity (Wildman–Crippen MR) is 83.7 cm³/mol. The molecular formula is C17H16N4. The number of anilines is 1. The topological polar surface area (TPSA) is 50.7 Å². The number of pyridine rings is 1. The van der Waals surface area contributed by atoms with E-state index in [4.69, 9.17) is 0 Å². The van der Waals surface area contributed by atoms with Crippen LogP contribution in [0.15, 0.2) is 67.3 Å². The van der Waals surface area contributed by atoms with Gasteiger partial charge >= 0.3 is 0 Å². The van der Waals surface area contributed by atoms with Crippen molar-refractivity contribution in [1.29, 1.82) is 0 Å². The maximum absolute atomic E-state index is 4.43. The first-order valence-corrected chi connectivity index (χ1v) is 6.87. The second-order valence-electron chi connectivity index (χ2n) is 4.77. The van der Waals surface area contributed by atoms with Crippen LogP contribution in [0.25, 0.3) is 11.3 Å². The van der Waals surface area contributed by atoms with Crippen LogP contribution in [0, 0.1) is 0 Å². The molecule has 3 rings (SSSR count). The van der Waals surface area contributed by atoms with Gasteiger partial charge in [-0.2, -0.15) is 0 Å². The molecule has 4 heteroatoms. The van der Waals surface area contributed by atoms with Crippen molar-refractivity contribution >= 4 is 5.82 Å². The third kappa shape index (κ3) is 3.05. The molecule has 1 atom stereocenters. The molecule has 104 valence electrons. The Morgan fingerprint density at radius 2 is 1.71 bits per heavy atom. The molecule has 2 heterocycles. The summed E-state index contributed by atoms with van der Waals surface area (Å²) >= 11 is 0. The van der Waals surface area contributed by atoms with Crippen LogP contribution in [0.5, 0.6) is 0 Å². The van der Waals surface area contributed by atoms with Gasteiger partial charge in [0.25, 0.3) is 0 Å². The Balaban J connectivity index is 1.90. The van der Waals surface area contributed by atoms with Crippen molar-refractivity contribution in [1.82, 2.24) is 15.0 Å². The highest BCUT2D eigenvalue weighted by atomic mass is 15.0. The standard InChI is InChI=1S/C17H16N4/c1-13(14-6-3-2-4-7-14)21-17-16(19-10-11-20-17)15-8-5-9-18-12-15/h2-13H,1H3,(H,20,21)/t13-/m1/s1. The lowest BCUT2D eigenvalue weighted by atomic mass is 10.1. The fourth-order valence-electron chi connectivity index (χ4n) is 2.19. The molecule has 1 aromatic carbocycles. The van der Waals surface area contributed by atoms with E-state index < -0.39 is 0 Å². The molecule has 0 bridgehead atoms. The van der Waals surface area contributed by atoms with Gasteiger partial charge in [0.15, 0.2) is 5.82 Å². The molecule has 0 unspecified atom stereocenters. The largest absolute Gasteiger partial charge is 0.362 e. The fourth-order valence-corrected chi connectivity index (χ4v) is 2.19. The molecule has 2 aromatic heterocycles. The van der Waals surface area contributed by atoms with Gasteiger partial charge in [0.1, 0.15) is 5.69 Å². The average molecular weight is 276 g/mol. The zero-order chi connectivity index (χ0) is 14.5. The number of rotatable bonds is 4. The second-order valence-corrected chi connectivity index (χ2v) is 4.77. The van der Waals surface area contributed by atoms with Gasteiger partial charge in [-0.05, 0) is 24.6 Å². The van der Waals surface area contributed by atoms with Crippen molar-refractivity contribution in [2.45, 2.75) is 13.0 Å². The van der Waals surface area contributed by atoms with Crippen LogP contribution in [0.4, 0.5) is 5.82 Å². The number of hydrogen-bond donors (Lipinski definition) is 1. The Kier molecular flexibility index (Phi) is 3.87. The van der Waals surface area contributed by atoms with Crippen LogP contribution in [0.3, 0.4) is 0 Å². The van der Waals surface area contributed by atoms with Crippen LogP contribution in [0.1, 0.15) is 18.5 Å². The van der Waals surface area contributed by atoms with Gasteiger partial charge in [-0.25, -0.2) is 4.98 Å². The van der Waals surface area contributed by atoms with Crippen molar-refractivity contribution in [3.63, 3.8) is 0 Å². The lowest BCUT2D eigenvalue weighted by Gasteiger charge is -2.16. The Bertz CT molecular complexity index is 698. The highest BCUT2D eigenvalue weighted by Gasteiger charge is 2.11. The zero-order valence-electron chi connectivity index (χ0n) is 11.8. The number of nitrogens with zero attached hydrogens (tertiary/aromatic N) is 3. The van der Waals surface area contributed by atoms with E-state index in [0.29, 0.717) is 0 Å². The molecule has 0 aliphatic carbocycles. The lowest BCUT2D eigenvalue weighted by Crippen LogP contribution is -2.09. The summed E-state index contributed by atoms with van der Waals surface area (Å²) in [6.07, 6.45) is 6.93. The third-order valence-electron chi connectivity index (χ3n) is 3.29. The minimum Gasteiger partial charge on any atom is -0.362 e. The molecule has 0 spiro atoms. The van der Waals surface area contributed by atoms with Crippen LogP contribution in [0.2, 0.25) is 0 Å². The molecule has 0 aliphatic rings. The summed E-state index contributed by atoms with van der Waals surface area (Å²) in [5, 5.41) is 3.42. The van der Waals surface area contributed by atoms with Crippen molar-refractivity contribution < 1.29 is 0 Å². The van der Waals surface area contributed by atoms with E-state index in [-0.39, 0.29) is 6.04 Å². The van der Waals surface area contributed by atoms with E-state index in [9.17, 15) is 0 Å². The van der Waals surface area contributed by atoms with E-state index in [0.717, 1.165) is 17.1 Å². The first-order chi connectivity index (χ1) is 10.3. The van der Waals surface area contributed by atoms with E-state index in [1.165, 1.54) is 5.56 Å². The van der Waals surface area contributed by atoms with E-state index in [1.807, 2.05) is 30.3 Å². The summed E-state index contributed by atoms with van der Waals surface area (Å²) in [6.45, 7) is 2.11. The molecule has 0 saturated carbocycles. The van der Waals surface area contributed by atoms with Crippen LogP contribution >= 0.6 is 0 Å². The van der Waals surface area contributed by atoms with Gasteiger partial charge in [0, 0.05) is 30.4 Å². The van der Waals surface area contributed by atoms with Gasteiger partial charge < -0.3 is 5.32 Å². The monoisotopic (exact) mass is 276 g/mol. The highest BCUT2D eigenvalue weighted by Crippen LogP contribution is 2.26. The van der Waals surface area contributed by atoms with Crippen molar-refractivity contribution in [2.24, 2.45) is 0 Å². The van der Waals surface area contributed by atoms with Crippen molar-refractivity contribution in [3.8, 4) is 11.3 Å². The molecular weight excluding hydrogens is 260 g/mol. The molecule has 1 N–H and O–H groups in total. The zero-order valence-corrected chi connectivity index (χ0v) is 11.8. The fraction of sp³-hybridized carbons (Fsp3) is 0.118. The maximum Gasteiger partial charge on any atom is 0.153 e. The second kappa shape index (κ2) is 6.13.